The van der Waals surface area contributed by atoms with Gasteiger partial charge in [-0.05, 0) is 30.2 Å². The second-order valence-electron chi connectivity index (χ2n) is 5.89. The van der Waals surface area contributed by atoms with Crippen molar-refractivity contribution in [3.05, 3.63) is 71.3 Å². The van der Waals surface area contributed by atoms with E-state index in [0.29, 0.717) is 5.56 Å². The van der Waals surface area contributed by atoms with Crippen molar-refractivity contribution in [2.24, 2.45) is 0 Å². The Morgan fingerprint density at radius 1 is 1.16 bits per heavy atom. The van der Waals surface area contributed by atoms with E-state index in [2.05, 4.69) is 0 Å². The quantitative estimate of drug-likeness (QED) is 0.595. The molecule has 0 aromatic heterocycles. The minimum atomic E-state index is -4.45. The van der Waals surface area contributed by atoms with Crippen LogP contribution in [0.15, 0.2) is 54.6 Å². The van der Waals surface area contributed by atoms with Crippen LogP contribution in [0.5, 0.6) is 0 Å². The third kappa shape index (κ3) is 3.54. The lowest BCUT2D eigenvalue weighted by atomic mass is 9.91. The van der Waals surface area contributed by atoms with Crippen LogP contribution in [0.2, 0.25) is 0 Å². The van der Waals surface area contributed by atoms with E-state index in [1.54, 1.807) is 6.92 Å². The standard InChI is InChI=1S/C19H17F3O3/c1-2-24-17(23)18(12-13-7-4-3-5-8-13)16(25-18)14-9-6-10-15(11-14)19(20,21)22/h3-11,16H,2,12H2,1H3. The summed E-state index contributed by atoms with van der Waals surface area (Å²) < 4.78 is 49.6. The van der Waals surface area contributed by atoms with E-state index >= 15 is 0 Å². The van der Waals surface area contributed by atoms with Crippen molar-refractivity contribution in [3.8, 4) is 0 Å². The molecule has 1 heterocycles. The zero-order valence-electron chi connectivity index (χ0n) is 13.5. The van der Waals surface area contributed by atoms with Crippen LogP contribution >= 0.6 is 0 Å². The molecule has 0 amide bonds. The predicted molar refractivity (Wildman–Crippen MR) is 84.8 cm³/mol. The van der Waals surface area contributed by atoms with Gasteiger partial charge in [-0.25, -0.2) is 4.79 Å². The first-order valence-corrected chi connectivity index (χ1v) is 7.93. The van der Waals surface area contributed by atoms with E-state index in [9.17, 15) is 18.0 Å². The number of esters is 1. The maximum atomic E-state index is 12.9. The molecule has 1 saturated heterocycles. The van der Waals surface area contributed by atoms with Gasteiger partial charge in [-0.15, -0.1) is 0 Å². The zero-order valence-corrected chi connectivity index (χ0v) is 13.5. The number of hydrogen-bond acceptors (Lipinski definition) is 3. The minimum Gasteiger partial charge on any atom is -0.464 e. The minimum absolute atomic E-state index is 0.175. The van der Waals surface area contributed by atoms with Crippen molar-refractivity contribution in [1.82, 2.24) is 0 Å². The molecule has 1 fully saturated rings. The zero-order chi connectivity index (χ0) is 18.1. The van der Waals surface area contributed by atoms with Gasteiger partial charge in [-0.3, -0.25) is 0 Å². The van der Waals surface area contributed by atoms with Crippen LogP contribution in [0.3, 0.4) is 0 Å². The van der Waals surface area contributed by atoms with E-state index in [1.165, 1.54) is 12.1 Å². The molecule has 2 atom stereocenters. The second kappa shape index (κ2) is 6.52. The van der Waals surface area contributed by atoms with E-state index in [-0.39, 0.29) is 13.0 Å². The van der Waals surface area contributed by atoms with Crippen molar-refractivity contribution in [2.45, 2.75) is 31.2 Å². The van der Waals surface area contributed by atoms with Crippen molar-refractivity contribution < 1.29 is 27.4 Å². The van der Waals surface area contributed by atoms with Crippen LogP contribution in [-0.2, 0) is 26.9 Å². The number of alkyl halides is 3. The summed E-state index contributed by atoms with van der Waals surface area (Å²) in [6, 6.07) is 14.1. The number of rotatable bonds is 5. The summed E-state index contributed by atoms with van der Waals surface area (Å²) in [6.45, 7) is 1.85. The third-order valence-corrected chi connectivity index (χ3v) is 4.14. The smallest absolute Gasteiger partial charge is 0.416 e. The molecule has 3 rings (SSSR count). The van der Waals surface area contributed by atoms with Crippen molar-refractivity contribution in [3.63, 3.8) is 0 Å². The highest BCUT2D eigenvalue weighted by Gasteiger charge is 2.64. The Balaban J connectivity index is 1.90. The average molecular weight is 350 g/mol. The molecule has 1 aliphatic rings. The number of epoxide rings is 1. The molecule has 0 N–H and O–H groups in total. The Hall–Kier alpha value is -2.34. The van der Waals surface area contributed by atoms with Crippen molar-refractivity contribution in [1.29, 1.82) is 0 Å². The lowest BCUT2D eigenvalue weighted by Crippen LogP contribution is -2.30. The summed E-state index contributed by atoms with van der Waals surface area (Å²) >= 11 is 0. The van der Waals surface area contributed by atoms with Crippen LogP contribution in [0.1, 0.15) is 29.7 Å². The molecule has 2 aromatic rings. The number of halogens is 3. The summed E-state index contributed by atoms with van der Waals surface area (Å²) in [5.74, 6) is -0.554. The largest absolute Gasteiger partial charge is 0.464 e. The molecular weight excluding hydrogens is 333 g/mol. The van der Waals surface area contributed by atoms with Gasteiger partial charge < -0.3 is 9.47 Å². The first-order chi connectivity index (χ1) is 11.9. The predicted octanol–water partition coefficient (Wildman–Crippen LogP) is 4.32. The van der Waals surface area contributed by atoms with Gasteiger partial charge in [0.2, 0.25) is 0 Å². The summed E-state index contributed by atoms with van der Waals surface area (Å²) in [7, 11) is 0. The van der Waals surface area contributed by atoms with Crippen LogP contribution in [-0.4, -0.2) is 18.2 Å². The fourth-order valence-electron chi connectivity index (χ4n) is 2.91. The summed E-state index contributed by atoms with van der Waals surface area (Å²) in [5, 5.41) is 0. The van der Waals surface area contributed by atoms with Gasteiger partial charge in [-0.2, -0.15) is 13.2 Å². The van der Waals surface area contributed by atoms with Gasteiger partial charge in [0.05, 0.1) is 12.2 Å². The van der Waals surface area contributed by atoms with Crippen LogP contribution < -0.4 is 0 Å². The fraction of sp³-hybridized carbons (Fsp3) is 0.316. The van der Waals surface area contributed by atoms with E-state index < -0.39 is 29.4 Å². The molecule has 0 spiro atoms. The molecular formula is C19H17F3O3. The normalized spacial score (nSPS) is 22.5. The number of benzene rings is 2. The summed E-state index contributed by atoms with van der Waals surface area (Å²) in [4.78, 5) is 12.4. The molecule has 0 aliphatic carbocycles. The molecule has 1 aliphatic heterocycles. The molecule has 0 bridgehead atoms. The van der Waals surface area contributed by atoms with Crippen LogP contribution in [0, 0.1) is 0 Å². The fourth-order valence-corrected chi connectivity index (χ4v) is 2.91. The molecule has 132 valence electrons. The Labute approximate surface area is 143 Å². The van der Waals surface area contributed by atoms with Gasteiger partial charge in [0.1, 0.15) is 6.10 Å². The van der Waals surface area contributed by atoms with Crippen LogP contribution in [0.25, 0.3) is 0 Å². The molecule has 2 aromatic carbocycles. The first kappa shape index (κ1) is 17.5. The number of carbonyl (C=O) groups excluding carboxylic acids is 1. The highest BCUT2D eigenvalue weighted by molar-refractivity contribution is 5.84. The van der Waals surface area contributed by atoms with Gasteiger partial charge in [-0.1, -0.05) is 42.5 Å². The molecule has 6 heteroatoms. The maximum Gasteiger partial charge on any atom is 0.416 e. The van der Waals surface area contributed by atoms with E-state index in [1.807, 2.05) is 30.3 Å². The van der Waals surface area contributed by atoms with Crippen LogP contribution in [0.4, 0.5) is 13.2 Å². The second-order valence-corrected chi connectivity index (χ2v) is 5.89. The number of hydrogen-bond donors (Lipinski definition) is 0. The molecule has 2 unspecified atom stereocenters. The lowest BCUT2D eigenvalue weighted by molar-refractivity contribution is -0.149. The molecule has 0 saturated carbocycles. The molecule has 0 radical (unpaired) electrons. The highest BCUT2D eigenvalue weighted by Crippen LogP contribution is 2.53. The van der Waals surface area contributed by atoms with E-state index in [4.69, 9.17) is 9.47 Å². The van der Waals surface area contributed by atoms with Gasteiger partial charge in [0.25, 0.3) is 0 Å². The maximum absolute atomic E-state index is 12.9. The lowest BCUT2D eigenvalue weighted by Gasteiger charge is -2.13. The van der Waals surface area contributed by atoms with Gasteiger partial charge in [0.15, 0.2) is 5.60 Å². The summed E-state index contributed by atoms with van der Waals surface area (Å²) in [5.41, 5.74) is -0.872. The SMILES string of the molecule is CCOC(=O)C1(Cc2ccccc2)OC1c1cccc(C(F)(F)F)c1. The number of carbonyl (C=O) groups is 1. The highest BCUT2D eigenvalue weighted by atomic mass is 19.4. The van der Waals surface area contributed by atoms with Gasteiger partial charge >= 0.3 is 12.1 Å². The van der Waals surface area contributed by atoms with Crippen molar-refractivity contribution in [2.75, 3.05) is 6.61 Å². The topological polar surface area (TPSA) is 38.8 Å². The number of ether oxygens (including phenoxy) is 2. The monoisotopic (exact) mass is 350 g/mol. The van der Waals surface area contributed by atoms with E-state index in [0.717, 1.165) is 17.7 Å². The van der Waals surface area contributed by atoms with Gasteiger partial charge in [0, 0.05) is 6.42 Å². The summed E-state index contributed by atoms with van der Waals surface area (Å²) in [6.07, 6.45) is -4.96. The Kier molecular flexibility index (Phi) is 4.56. The molecule has 3 nitrogen and oxygen atoms in total. The Morgan fingerprint density at radius 3 is 2.52 bits per heavy atom. The Bertz CT molecular complexity index is 758. The third-order valence-electron chi connectivity index (χ3n) is 4.14. The van der Waals surface area contributed by atoms with Crippen molar-refractivity contribution >= 4 is 5.97 Å². The Morgan fingerprint density at radius 2 is 1.88 bits per heavy atom. The average Bonchev–Trinajstić information content (AvgIpc) is 3.31. The first-order valence-electron chi connectivity index (χ1n) is 7.93. The molecule has 25 heavy (non-hydrogen) atoms.